The summed E-state index contributed by atoms with van der Waals surface area (Å²) < 4.78 is 12.8. The molecule has 62 valence electrons. The molecule has 1 aliphatic rings. The van der Waals surface area contributed by atoms with Gasteiger partial charge >= 0.3 is 0 Å². The standard InChI is InChI=1S/C10H10FN/c1-12-5-4-8-2-3-10(11)6-9(8)7-12/h2-6H,7H2,1H3. The first kappa shape index (κ1) is 7.35. The fourth-order valence-corrected chi connectivity index (χ4v) is 1.40. The van der Waals surface area contributed by atoms with E-state index in [1.54, 1.807) is 6.07 Å². The summed E-state index contributed by atoms with van der Waals surface area (Å²) in [7, 11) is 1.98. The first-order valence-corrected chi connectivity index (χ1v) is 3.92. The summed E-state index contributed by atoms with van der Waals surface area (Å²) in [6.07, 6.45) is 4.00. The maximum absolute atomic E-state index is 12.8. The van der Waals surface area contributed by atoms with Crippen molar-refractivity contribution < 1.29 is 4.39 Å². The molecule has 2 heteroatoms. The van der Waals surface area contributed by atoms with Crippen LogP contribution in [0, 0.1) is 5.82 Å². The van der Waals surface area contributed by atoms with Gasteiger partial charge in [-0.1, -0.05) is 6.07 Å². The highest BCUT2D eigenvalue weighted by Gasteiger charge is 2.07. The molecule has 1 aromatic carbocycles. The van der Waals surface area contributed by atoms with Crippen LogP contribution < -0.4 is 0 Å². The number of benzene rings is 1. The van der Waals surface area contributed by atoms with Crippen LogP contribution in [0.4, 0.5) is 4.39 Å². The highest BCUT2D eigenvalue weighted by molar-refractivity contribution is 5.55. The molecule has 0 aliphatic carbocycles. The number of rotatable bonds is 0. The SMILES string of the molecule is CN1C=Cc2ccc(F)cc2C1. The van der Waals surface area contributed by atoms with Gasteiger partial charge < -0.3 is 4.90 Å². The summed E-state index contributed by atoms with van der Waals surface area (Å²) in [5.74, 6) is -0.155. The Morgan fingerprint density at radius 2 is 2.25 bits per heavy atom. The van der Waals surface area contributed by atoms with Crippen LogP contribution >= 0.6 is 0 Å². The molecule has 0 spiro atoms. The van der Waals surface area contributed by atoms with Gasteiger partial charge in [-0.15, -0.1) is 0 Å². The molecule has 0 radical (unpaired) electrons. The van der Waals surface area contributed by atoms with Crippen molar-refractivity contribution in [2.24, 2.45) is 0 Å². The number of hydrogen-bond donors (Lipinski definition) is 0. The minimum Gasteiger partial charge on any atom is -0.376 e. The summed E-state index contributed by atoms with van der Waals surface area (Å²) in [5.41, 5.74) is 2.18. The molecule has 0 N–H and O–H groups in total. The van der Waals surface area contributed by atoms with Crippen molar-refractivity contribution in [3.05, 3.63) is 41.3 Å². The van der Waals surface area contributed by atoms with E-state index in [9.17, 15) is 4.39 Å². The first-order valence-electron chi connectivity index (χ1n) is 3.92. The summed E-state index contributed by atoms with van der Waals surface area (Å²) in [6, 6.07) is 4.90. The lowest BCUT2D eigenvalue weighted by molar-refractivity contribution is 0.446. The van der Waals surface area contributed by atoms with Crippen LogP contribution in [0.1, 0.15) is 11.1 Å². The third kappa shape index (κ3) is 1.20. The quantitative estimate of drug-likeness (QED) is 0.567. The Kier molecular flexibility index (Phi) is 1.61. The summed E-state index contributed by atoms with van der Waals surface area (Å²) >= 11 is 0. The van der Waals surface area contributed by atoms with Crippen molar-refractivity contribution in [1.82, 2.24) is 4.90 Å². The third-order valence-electron chi connectivity index (χ3n) is 2.03. The van der Waals surface area contributed by atoms with Gasteiger partial charge in [-0.2, -0.15) is 0 Å². The average molecular weight is 163 g/mol. The number of hydrogen-bond acceptors (Lipinski definition) is 1. The van der Waals surface area contributed by atoms with Gasteiger partial charge in [0.1, 0.15) is 5.82 Å². The van der Waals surface area contributed by atoms with Crippen molar-refractivity contribution in [2.75, 3.05) is 7.05 Å². The Labute approximate surface area is 71.1 Å². The maximum atomic E-state index is 12.8. The van der Waals surface area contributed by atoms with E-state index in [1.807, 2.05) is 30.3 Å². The Morgan fingerprint density at radius 1 is 1.42 bits per heavy atom. The Balaban J connectivity index is 2.47. The molecule has 1 aliphatic heterocycles. The molecular weight excluding hydrogens is 153 g/mol. The molecule has 0 fully saturated rings. The lowest BCUT2D eigenvalue weighted by Crippen LogP contribution is -2.14. The van der Waals surface area contributed by atoms with Gasteiger partial charge in [0.05, 0.1) is 0 Å². The highest BCUT2D eigenvalue weighted by atomic mass is 19.1. The largest absolute Gasteiger partial charge is 0.376 e. The Hall–Kier alpha value is -1.31. The fourth-order valence-electron chi connectivity index (χ4n) is 1.40. The third-order valence-corrected chi connectivity index (χ3v) is 2.03. The van der Waals surface area contributed by atoms with Gasteiger partial charge in [0.25, 0.3) is 0 Å². The van der Waals surface area contributed by atoms with Crippen LogP contribution in [0.15, 0.2) is 24.4 Å². The Bertz CT molecular complexity index is 331. The van der Waals surface area contributed by atoms with Crippen LogP contribution in [-0.4, -0.2) is 11.9 Å². The van der Waals surface area contributed by atoms with Crippen molar-refractivity contribution in [2.45, 2.75) is 6.54 Å². The fraction of sp³-hybridized carbons (Fsp3) is 0.200. The smallest absolute Gasteiger partial charge is 0.123 e. The van der Waals surface area contributed by atoms with Gasteiger partial charge in [0.2, 0.25) is 0 Å². The second-order valence-corrected chi connectivity index (χ2v) is 3.07. The molecule has 12 heavy (non-hydrogen) atoms. The van der Waals surface area contributed by atoms with E-state index in [1.165, 1.54) is 6.07 Å². The van der Waals surface area contributed by atoms with E-state index in [0.29, 0.717) is 0 Å². The molecule has 2 rings (SSSR count). The molecule has 0 saturated carbocycles. The molecule has 0 amide bonds. The van der Waals surface area contributed by atoms with Gasteiger partial charge in [-0.05, 0) is 35.5 Å². The molecule has 1 aromatic rings. The zero-order valence-electron chi connectivity index (χ0n) is 6.92. The second kappa shape index (κ2) is 2.63. The molecule has 0 atom stereocenters. The van der Waals surface area contributed by atoms with Gasteiger partial charge in [0.15, 0.2) is 0 Å². The van der Waals surface area contributed by atoms with Crippen LogP contribution in [0.5, 0.6) is 0 Å². The highest BCUT2D eigenvalue weighted by Crippen LogP contribution is 2.19. The zero-order chi connectivity index (χ0) is 8.55. The molecule has 0 saturated heterocycles. The van der Waals surface area contributed by atoms with E-state index in [4.69, 9.17) is 0 Å². The van der Waals surface area contributed by atoms with Crippen molar-refractivity contribution in [1.29, 1.82) is 0 Å². The van der Waals surface area contributed by atoms with E-state index in [0.717, 1.165) is 17.7 Å². The van der Waals surface area contributed by atoms with E-state index in [-0.39, 0.29) is 5.82 Å². The molecule has 0 aromatic heterocycles. The van der Waals surface area contributed by atoms with Crippen LogP contribution in [0.25, 0.3) is 6.08 Å². The van der Waals surface area contributed by atoms with Gasteiger partial charge in [-0.25, -0.2) is 4.39 Å². The molecule has 0 unspecified atom stereocenters. The monoisotopic (exact) mass is 163 g/mol. The number of nitrogens with zero attached hydrogens (tertiary/aromatic N) is 1. The molecule has 1 nitrogen and oxygen atoms in total. The zero-order valence-corrected chi connectivity index (χ0v) is 6.92. The minimum absolute atomic E-state index is 0.155. The number of fused-ring (bicyclic) bond motifs is 1. The van der Waals surface area contributed by atoms with Crippen LogP contribution in [0.3, 0.4) is 0 Å². The predicted molar refractivity (Wildman–Crippen MR) is 46.9 cm³/mol. The molecule has 0 bridgehead atoms. The number of halogens is 1. The maximum Gasteiger partial charge on any atom is 0.123 e. The summed E-state index contributed by atoms with van der Waals surface area (Å²) in [4.78, 5) is 2.03. The van der Waals surface area contributed by atoms with Crippen molar-refractivity contribution in [3.63, 3.8) is 0 Å². The van der Waals surface area contributed by atoms with E-state index in [2.05, 4.69) is 0 Å². The summed E-state index contributed by atoms with van der Waals surface area (Å²) in [5, 5.41) is 0. The lowest BCUT2D eigenvalue weighted by atomic mass is 10.0. The van der Waals surface area contributed by atoms with Crippen LogP contribution in [0.2, 0.25) is 0 Å². The van der Waals surface area contributed by atoms with Crippen molar-refractivity contribution >= 4 is 6.08 Å². The van der Waals surface area contributed by atoms with E-state index < -0.39 is 0 Å². The average Bonchev–Trinajstić information content (AvgIpc) is 2.03. The van der Waals surface area contributed by atoms with Crippen LogP contribution in [-0.2, 0) is 6.54 Å². The Morgan fingerprint density at radius 3 is 3.08 bits per heavy atom. The van der Waals surface area contributed by atoms with E-state index >= 15 is 0 Å². The van der Waals surface area contributed by atoms with Gasteiger partial charge in [-0.3, -0.25) is 0 Å². The second-order valence-electron chi connectivity index (χ2n) is 3.07. The predicted octanol–water partition coefficient (Wildman–Crippen LogP) is 2.24. The lowest BCUT2D eigenvalue weighted by Gasteiger charge is -2.20. The normalized spacial score (nSPS) is 14.7. The minimum atomic E-state index is -0.155. The first-order chi connectivity index (χ1) is 5.75. The molecule has 1 heterocycles. The topological polar surface area (TPSA) is 3.24 Å². The van der Waals surface area contributed by atoms with Crippen molar-refractivity contribution in [3.8, 4) is 0 Å². The summed E-state index contributed by atoms with van der Waals surface area (Å²) in [6.45, 7) is 0.795. The molecular formula is C10H10FN. The van der Waals surface area contributed by atoms with Gasteiger partial charge in [0, 0.05) is 13.6 Å².